The highest BCUT2D eigenvalue weighted by atomic mass is 16.2. The lowest BCUT2D eigenvalue weighted by atomic mass is 10.1. The molecule has 4 heteroatoms. The summed E-state index contributed by atoms with van der Waals surface area (Å²) in [5, 5.41) is 7.84. The zero-order valence-electron chi connectivity index (χ0n) is 16.5. The number of aryl methyl sites for hydroxylation is 1. The first-order valence-corrected chi connectivity index (χ1v) is 9.70. The monoisotopic (exact) mass is 381 g/mol. The largest absolute Gasteiger partial charge is 0.344 e. The number of amides is 1. The van der Waals surface area contributed by atoms with Gasteiger partial charge in [0.2, 0.25) is 0 Å². The Kier molecular flexibility index (Phi) is 5.25. The van der Waals surface area contributed by atoms with Crippen LogP contribution in [0.3, 0.4) is 0 Å². The molecule has 0 bridgehead atoms. The molecule has 0 aliphatic heterocycles. The SMILES string of the molecule is Cc1ccc(-n2nc(-c3ccccc3)cc2C(=O)NC(C)c2ccccc2)cc1. The zero-order chi connectivity index (χ0) is 20.2. The van der Waals surface area contributed by atoms with Crippen molar-refractivity contribution in [1.82, 2.24) is 15.1 Å². The number of rotatable bonds is 5. The van der Waals surface area contributed by atoms with Gasteiger partial charge in [-0.1, -0.05) is 78.4 Å². The summed E-state index contributed by atoms with van der Waals surface area (Å²) in [6, 6.07) is 29.6. The average Bonchev–Trinajstić information content (AvgIpc) is 3.21. The van der Waals surface area contributed by atoms with Gasteiger partial charge in [0.1, 0.15) is 5.69 Å². The first kappa shape index (κ1) is 18.7. The highest BCUT2D eigenvalue weighted by Crippen LogP contribution is 2.23. The Morgan fingerprint density at radius 3 is 2.17 bits per heavy atom. The molecule has 0 fully saturated rings. The summed E-state index contributed by atoms with van der Waals surface area (Å²) in [5.41, 5.74) is 5.33. The molecule has 1 N–H and O–H groups in total. The number of hydrogen-bond donors (Lipinski definition) is 1. The molecule has 1 atom stereocenters. The molecule has 0 radical (unpaired) electrons. The third-order valence-corrected chi connectivity index (χ3v) is 4.94. The standard InChI is InChI=1S/C25H23N3O/c1-18-13-15-22(16-14-18)28-24(17-23(27-28)21-11-7-4-8-12-21)25(29)26-19(2)20-9-5-3-6-10-20/h3-17,19H,1-2H3,(H,26,29). The predicted octanol–water partition coefficient (Wildman–Crippen LogP) is 5.34. The minimum Gasteiger partial charge on any atom is -0.344 e. The van der Waals surface area contributed by atoms with Gasteiger partial charge in [-0.3, -0.25) is 4.79 Å². The molecule has 1 unspecified atom stereocenters. The van der Waals surface area contributed by atoms with E-state index in [1.807, 2.05) is 105 Å². The number of aromatic nitrogens is 2. The minimum atomic E-state index is -0.156. The van der Waals surface area contributed by atoms with E-state index in [2.05, 4.69) is 5.32 Å². The molecule has 0 aliphatic rings. The highest BCUT2D eigenvalue weighted by Gasteiger charge is 2.19. The maximum absolute atomic E-state index is 13.2. The van der Waals surface area contributed by atoms with E-state index in [1.54, 1.807) is 4.68 Å². The van der Waals surface area contributed by atoms with E-state index in [-0.39, 0.29) is 11.9 Å². The van der Waals surface area contributed by atoms with E-state index >= 15 is 0 Å². The molecule has 144 valence electrons. The van der Waals surface area contributed by atoms with E-state index in [1.165, 1.54) is 0 Å². The van der Waals surface area contributed by atoms with Gasteiger partial charge in [0.15, 0.2) is 0 Å². The predicted molar refractivity (Wildman–Crippen MR) is 116 cm³/mol. The summed E-state index contributed by atoms with van der Waals surface area (Å²) in [5.74, 6) is -0.156. The van der Waals surface area contributed by atoms with Crippen molar-refractivity contribution in [3.8, 4) is 16.9 Å². The van der Waals surface area contributed by atoms with Crippen LogP contribution in [0, 0.1) is 6.92 Å². The lowest BCUT2D eigenvalue weighted by Crippen LogP contribution is -2.28. The second-order valence-electron chi connectivity index (χ2n) is 7.13. The summed E-state index contributed by atoms with van der Waals surface area (Å²) < 4.78 is 1.72. The first-order chi connectivity index (χ1) is 14.1. The number of carbonyl (C=O) groups excluding carboxylic acids is 1. The molecular weight excluding hydrogens is 358 g/mol. The molecule has 0 spiro atoms. The van der Waals surface area contributed by atoms with Crippen LogP contribution in [-0.2, 0) is 0 Å². The molecule has 1 aromatic heterocycles. The Morgan fingerprint density at radius 2 is 1.52 bits per heavy atom. The summed E-state index contributed by atoms with van der Waals surface area (Å²) in [4.78, 5) is 13.2. The molecule has 4 aromatic rings. The third kappa shape index (κ3) is 4.11. The van der Waals surface area contributed by atoms with Crippen LogP contribution in [0.5, 0.6) is 0 Å². The van der Waals surface area contributed by atoms with Crippen molar-refractivity contribution >= 4 is 5.91 Å². The number of nitrogens with one attached hydrogen (secondary N) is 1. The summed E-state index contributed by atoms with van der Waals surface area (Å²) in [7, 11) is 0. The maximum atomic E-state index is 13.2. The van der Waals surface area contributed by atoms with E-state index in [9.17, 15) is 4.79 Å². The van der Waals surface area contributed by atoms with Crippen molar-refractivity contribution in [2.75, 3.05) is 0 Å². The van der Waals surface area contributed by atoms with Gasteiger partial charge in [-0.15, -0.1) is 0 Å². The van der Waals surface area contributed by atoms with Gasteiger partial charge in [-0.25, -0.2) is 4.68 Å². The minimum absolute atomic E-state index is 0.106. The Balaban J connectivity index is 1.71. The molecule has 1 amide bonds. The van der Waals surface area contributed by atoms with Crippen molar-refractivity contribution in [2.24, 2.45) is 0 Å². The fourth-order valence-electron chi connectivity index (χ4n) is 3.27. The van der Waals surface area contributed by atoms with Gasteiger partial charge in [0.05, 0.1) is 17.4 Å². The lowest BCUT2D eigenvalue weighted by molar-refractivity contribution is 0.0932. The number of nitrogens with zero attached hydrogens (tertiary/aromatic N) is 2. The van der Waals surface area contributed by atoms with Gasteiger partial charge >= 0.3 is 0 Å². The first-order valence-electron chi connectivity index (χ1n) is 9.70. The maximum Gasteiger partial charge on any atom is 0.270 e. The van der Waals surface area contributed by atoms with Crippen LogP contribution in [0.4, 0.5) is 0 Å². The Morgan fingerprint density at radius 1 is 0.897 bits per heavy atom. The molecule has 4 rings (SSSR count). The molecule has 29 heavy (non-hydrogen) atoms. The lowest BCUT2D eigenvalue weighted by Gasteiger charge is -2.15. The summed E-state index contributed by atoms with van der Waals surface area (Å²) in [6.45, 7) is 4.02. The second-order valence-corrected chi connectivity index (χ2v) is 7.13. The number of hydrogen-bond acceptors (Lipinski definition) is 2. The van der Waals surface area contributed by atoms with Crippen LogP contribution < -0.4 is 5.32 Å². The summed E-state index contributed by atoms with van der Waals surface area (Å²) >= 11 is 0. The van der Waals surface area contributed by atoms with Gasteiger partial charge < -0.3 is 5.32 Å². The van der Waals surface area contributed by atoms with Crippen molar-refractivity contribution < 1.29 is 4.79 Å². The smallest absolute Gasteiger partial charge is 0.270 e. The molecule has 4 nitrogen and oxygen atoms in total. The third-order valence-electron chi connectivity index (χ3n) is 4.94. The van der Waals surface area contributed by atoms with Crippen LogP contribution >= 0.6 is 0 Å². The van der Waals surface area contributed by atoms with Crippen molar-refractivity contribution in [2.45, 2.75) is 19.9 Å². The van der Waals surface area contributed by atoms with E-state index in [0.717, 1.165) is 28.1 Å². The molecule has 1 heterocycles. The molecular formula is C25H23N3O. The van der Waals surface area contributed by atoms with Crippen molar-refractivity contribution in [3.63, 3.8) is 0 Å². The molecule has 0 saturated carbocycles. The number of carbonyl (C=O) groups is 1. The van der Waals surface area contributed by atoms with Crippen LogP contribution in [-0.4, -0.2) is 15.7 Å². The fourth-order valence-corrected chi connectivity index (χ4v) is 3.27. The van der Waals surface area contributed by atoms with E-state index in [4.69, 9.17) is 5.10 Å². The fraction of sp³-hybridized carbons (Fsp3) is 0.120. The molecule has 0 aliphatic carbocycles. The van der Waals surface area contributed by atoms with E-state index in [0.29, 0.717) is 5.69 Å². The van der Waals surface area contributed by atoms with Crippen LogP contribution in [0.15, 0.2) is 91.0 Å². The normalized spacial score (nSPS) is 11.8. The van der Waals surface area contributed by atoms with Gasteiger partial charge in [0, 0.05) is 5.56 Å². The van der Waals surface area contributed by atoms with Gasteiger partial charge in [-0.05, 0) is 37.6 Å². The molecule has 3 aromatic carbocycles. The van der Waals surface area contributed by atoms with E-state index < -0.39 is 0 Å². The van der Waals surface area contributed by atoms with Crippen molar-refractivity contribution in [3.05, 3.63) is 108 Å². The Labute approximate surface area is 170 Å². The average molecular weight is 381 g/mol. The molecule has 0 saturated heterocycles. The van der Waals surface area contributed by atoms with Crippen LogP contribution in [0.25, 0.3) is 16.9 Å². The number of benzene rings is 3. The van der Waals surface area contributed by atoms with Crippen LogP contribution in [0.1, 0.15) is 34.6 Å². The van der Waals surface area contributed by atoms with Gasteiger partial charge in [0.25, 0.3) is 5.91 Å². The Hall–Kier alpha value is -3.66. The Bertz CT molecular complexity index is 1100. The van der Waals surface area contributed by atoms with Crippen LogP contribution in [0.2, 0.25) is 0 Å². The van der Waals surface area contributed by atoms with Crippen molar-refractivity contribution in [1.29, 1.82) is 0 Å². The quantitative estimate of drug-likeness (QED) is 0.507. The summed E-state index contributed by atoms with van der Waals surface area (Å²) in [6.07, 6.45) is 0. The second kappa shape index (κ2) is 8.15. The highest BCUT2D eigenvalue weighted by molar-refractivity contribution is 5.94. The zero-order valence-corrected chi connectivity index (χ0v) is 16.5. The topological polar surface area (TPSA) is 46.9 Å². The van der Waals surface area contributed by atoms with Gasteiger partial charge in [-0.2, -0.15) is 5.10 Å².